The Balaban J connectivity index is 2.47. The molecule has 2 heteroatoms. The summed E-state index contributed by atoms with van der Waals surface area (Å²) in [5, 5.41) is 0. The number of hydrogen-bond donors (Lipinski definition) is 0. The van der Waals surface area contributed by atoms with Gasteiger partial charge in [0.15, 0.2) is 6.20 Å². The summed E-state index contributed by atoms with van der Waals surface area (Å²) in [7, 11) is 2.09. The molecule has 2 aromatic rings. The summed E-state index contributed by atoms with van der Waals surface area (Å²) in [6.07, 6.45) is 3.46. The molecule has 0 saturated carbocycles. The van der Waals surface area contributed by atoms with Gasteiger partial charge in [0.25, 0.3) is 0 Å². The minimum absolute atomic E-state index is 0.188. The Morgan fingerprint density at radius 1 is 1.00 bits per heavy atom. The number of hydrogen-bond acceptors (Lipinski definition) is 1. The molecule has 0 fully saturated rings. The number of pyridine rings is 1. The van der Waals surface area contributed by atoms with Crippen LogP contribution in [0.4, 0.5) is 0 Å². The van der Waals surface area contributed by atoms with Crippen LogP contribution in [0.15, 0.2) is 36.5 Å². The van der Waals surface area contributed by atoms with Crippen molar-refractivity contribution < 1.29 is 9.30 Å². The van der Waals surface area contributed by atoms with E-state index < -0.39 is 0 Å². The number of aromatic nitrogens is 1. The van der Waals surface area contributed by atoms with Crippen molar-refractivity contribution in [2.24, 2.45) is 18.9 Å². The zero-order chi connectivity index (χ0) is 17.9. The van der Waals surface area contributed by atoms with Gasteiger partial charge in [-0.25, -0.2) is 4.57 Å². The van der Waals surface area contributed by atoms with Crippen LogP contribution in [0.3, 0.4) is 0 Å². The maximum absolute atomic E-state index is 6.54. The van der Waals surface area contributed by atoms with Crippen molar-refractivity contribution in [3.05, 3.63) is 47.7 Å². The van der Waals surface area contributed by atoms with Crippen LogP contribution in [-0.2, 0) is 7.05 Å². The molecule has 0 N–H and O–H groups in total. The lowest BCUT2D eigenvalue weighted by Crippen LogP contribution is -2.31. The van der Waals surface area contributed by atoms with E-state index in [0.29, 0.717) is 11.8 Å². The van der Waals surface area contributed by atoms with Gasteiger partial charge in [0.2, 0.25) is 5.69 Å². The fraction of sp³-hybridized carbons (Fsp3) is 0.500. The van der Waals surface area contributed by atoms with E-state index in [0.717, 1.165) is 5.75 Å². The zero-order valence-electron chi connectivity index (χ0n) is 16.3. The first-order valence-corrected chi connectivity index (χ1v) is 9.08. The van der Waals surface area contributed by atoms with E-state index in [1.54, 1.807) is 0 Å². The second-order valence-corrected chi connectivity index (χ2v) is 7.17. The van der Waals surface area contributed by atoms with Crippen LogP contribution < -0.4 is 9.30 Å². The molecule has 0 radical (unpaired) electrons. The molecule has 0 saturated heterocycles. The second kappa shape index (κ2) is 7.83. The Morgan fingerprint density at radius 3 is 2.29 bits per heavy atom. The van der Waals surface area contributed by atoms with E-state index in [4.69, 9.17) is 4.74 Å². The average molecular weight is 327 g/mol. The highest BCUT2D eigenvalue weighted by atomic mass is 16.5. The van der Waals surface area contributed by atoms with Gasteiger partial charge in [0.05, 0.1) is 11.7 Å². The smallest absolute Gasteiger partial charge is 0.216 e. The fourth-order valence-corrected chi connectivity index (χ4v) is 3.17. The third kappa shape index (κ3) is 3.80. The molecule has 3 atom stereocenters. The van der Waals surface area contributed by atoms with Crippen molar-refractivity contribution in [2.75, 3.05) is 0 Å². The standard InChI is InChI=1S/C22H32NO/c1-8-15(2)18(5)19(6)24-22-17(4)13-12-16(3)21(22)20-11-9-10-14-23(20)7/h9-15,18-19H,8H2,1-7H3/q+1/t15-,18?,19?/m0/s1. The summed E-state index contributed by atoms with van der Waals surface area (Å²) in [6, 6.07) is 10.7. The third-order valence-electron chi connectivity index (χ3n) is 5.46. The van der Waals surface area contributed by atoms with Crippen LogP contribution >= 0.6 is 0 Å². The molecular weight excluding hydrogens is 294 g/mol. The molecule has 0 bridgehead atoms. The summed E-state index contributed by atoms with van der Waals surface area (Å²) in [6.45, 7) is 13.4. The van der Waals surface area contributed by atoms with Crippen molar-refractivity contribution in [1.82, 2.24) is 0 Å². The van der Waals surface area contributed by atoms with Gasteiger partial charge in [-0.15, -0.1) is 0 Å². The Hall–Kier alpha value is -1.83. The summed E-state index contributed by atoms with van der Waals surface area (Å²) >= 11 is 0. The van der Waals surface area contributed by atoms with E-state index in [1.165, 1.54) is 28.8 Å². The van der Waals surface area contributed by atoms with Crippen LogP contribution in [0.1, 0.15) is 45.2 Å². The summed E-state index contributed by atoms with van der Waals surface area (Å²) in [5.74, 6) is 2.20. The van der Waals surface area contributed by atoms with Gasteiger partial charge < -0.3 is 4.74 Å². The monoisotopic (exact) mass is 326 g/mol. The van der Waals surface area contributed by atoms with Crippen LogP contribution in [0, 0.1) is 25.7 Å². The number of rotatable bonds is 6. The van der Waals surface area contributed by atoms with Crippen LogP contribution in [-0.4, -0.2) is 6.10 Å². The first kappa shape index (κ1) is 18.5. The Bertz CT molecular complexity index is 692. The largest absolute Gasteiger partial charge is 0.489 e. The highest BCUT2D eigenvalue weighted by molar-refractivity contribution is 5.71. The molecule has 130 valence electrons. The van der Waals surface area contributed by atoms with Gasteiger partial charge in [0, 0.05) is 12.1 Å². The molecule has 0 aliphatic carbocycles. The van der Waals surface area contributed by atoms with Gasteiger partial charge in [-0.1, -0.05) is 39.3 Å². The Kier molecular flexibility index (Phi) is 6.04. The first-order valence-electron chi connectivity index (χ1n) is 9.08. The van der Waals surface area contributed by atoms with Gasteiger partial charge in [0.1, 0.15) is 12.8 Å². The topological polar surface area (TPSA) is 13.1 Å². The van der Waals surface area contributed by atoms with Crippen molar-refractivity contribution in [3.63, 3.8) is 0 Å². The predicted molar refractivity (Wildman–Crippen MR) is 101 cm³/mol. The molecule has 1 aromatic heterocycles. The van der Waals surface area contributed by atoms with Crippen LogP contribution in [0.25, 0.3) is 11.3 Å². The molecule has 24 heavy (non-hydrogen) atoms. The van der Waals surface area contributed by atoms with Gasteiger partial charge >= 0.3 is 0 Å². The zero-order valence-corrected chi connectivity index (χ0v) is 16.3. The number of aryl methyl sites for hydroxylation is 3. The van der Waals surface area contributed by atoms with Crippen molar-refractivity contribution in [1.29, 1.82) is 0 Å². The lowest BCUT2D eigenvalue weighted by atomic mass is 9.89. The fourth-order valence-electron chi connectivity index (χ4n) is 3.17. The molecule has 1 aromatic carbocycles. The van der Waals surface area contributed by atoms with Crippen LogP contribution in [0.5, 0.6) is 5.75 Å². The highest BCUT2D eigenvalue weighted by Crippen LogP contribution is 2.36. The molecule has 2 rings (SSSR count). The molecule has 2 unspecified atom stereocenters. The SMILES string of the molecule is CC[C@H](C)C(C)C(C)Oc1c(C)ccc(C)c1-c1cccc[n+]1C. The lowest BCUT2D eigenvalue weighted by molar-refractivity contribution is -0.660. The third-order valence-corrected chi connectivity index (χ3v) is 5.46. The quantitative estimate of drug-likeness (QED) is 0.661. The number of ether oxygens (including phenoxy) is 1. The maximum Gasteiger partial charge on any atom is 0.216 e. The normalized spacial score (nSPS) is 15.0. The minimum atomic E-state index is 0.188. The van der Waals surface area contributed by atoms with Crippen LogP contribution in [0.2, 0.25) is 0 Å². The molecule has 0 aliphatic heterocycles. The molecule has 0 aliphatic rings. The van der Waals surface area contributed by atoms with E-state index in [1.807, 2.05) is 0 Å². The van der Waals surface area contributed by atoms with E-state index in [9.17, 15) is 0 Å². The maximum atomic E-state index is 6.54. The van der Waals surface area contributed by atoms with Crippen molar-refractivity contribution in [2.45, 2.75) is 54.1 Å². The molecule has 2 nitrogen and oxygen atoms in total. The number of benzene rings is 1. The predicted octanol–water partition coefficient (Wildman–Crippen LogP) is 5.24. The first-order chi connectivity index (χ1) is 11.4. The van der Waals surface area contributed by atoms with Crippen molar-refractivity contribution >= 4 is 0 Å². The average Bonchev–Trinajstić information content (AvgIpc) is 2.58. The Morgan fingerprint density at radius 2 is 1.67 bits per heavy atom. The summed E-state index contributed by atoms with van der Waals surface area (Å²) < 4.78 is 8.70. The van der Waals surface area contributed by atoms with Crippen molar-refractivity contribution in [3.8, 4) is 17.0 Å². The molecule has 0 spiro atoms. The van der Waals surface area contributed by atoms with Gasteiger partial charge in [-0.3, -0.25) is 0 Å². The minimum Gasteiger partial charge on any atom is -0.489 e. The highest BCUT2D eigenvalue weighted by Gasteiger charge is 2.24. The summed E-state index contributed by atoms with van der Waals surface area (Å²) in [4.78, 5) is 0. The van der Waals surface area contributed by atoms with E-state index in [2.05, 4.69) is 89.7 Å². The number of nitrogens with zero attached hydrogens (tertiary/aromatic N) is 1. The molecule has 1 heterocycles. The van der Waals surface area contributed by atoms with Gasteiger partial charge in [-0.05, 0) is 49.8 Å². The van der Waals surface area contributed by atoms with E-state index in [-0.39, 0.29) is 6.10 Å². The lowest BCUT2D eigenvalue weighted by Gasteiger charge is -2.28. The summed E-state index contributed by atoms with van der Waals surface area (Å²) in [5.41, 5.74) is 4.85. The molecule has 0 amide bonds. The van der Waals surface area contributed by atoms with Gasteiger partial charge in [-0.2, -0.15) is 0 Å². The second-order valence-electron chi connectivity index (χ2n) is 7.17. The molecular formula is C22H32NO+. The van der Waals surface area contributed by atoms with E-state index >= 15 is 0 Å². The Labute approximate surface area is 147 Å².